The average molecular weight is 350 g/mol. The van der Waals surface area contributed by atoms with Gasteiger partial charge in [-0.1, -0.05) is 6.58 Å². The largest absolute Gasteiger partial charge is 0.480 e. The molecule has 2 aromatic heterocycles. The van der Waals surface area contributed by atoms with Crippen molar-refractivity contribution in [2.75, 3.05) is 0 Å². The van der Waals surface area contributed by atoms with Crippen LogP contribution in [0.2, 0.25) is 0 Å². The molecule has 0 radical (unpaired) electrons. The number of carboxylic acid groups (broad SMARTS) is 2. The van der Waals surface area contributed by atoms with E-state index in [4.69, 9.17) is 5.11 Å². The molecule has 0 aromatic carbocycles. The van der Waals surface area contributed by atoms with Crippen molar-refractivity contribution in [1.82, 2.24) is 9.97 Å². The molecule has 0 saturated heterocycles. The van der Waals surface area contributed by atoms with Crippen LogP contribution in [0.4, 0.5) is 0 Å². The van der Waals surface area contributed by atoms with Gasteiger partial charge < -0.3 is 10.2 Å². The van der Waals surface area contributed by atoms with Gasteiger partial charge in [0, 0.05) is 38.1 Å². The van der Waals surface area contributed by atoms with E-state index in [2.05, 4.69) is 16.5 Å². The minimum Gasteiger partial charge on any atom is -0.480 e. The minimum absolute atomic E-state index is 0. The first-order chi connectivity index (χ1) is 10.0. The van der Waals surface area contributed by atoms with Gasteiger partial charge in [-0.2, -0.15) is 0 Å². The zero-order valence-corrected chi connectivity index (χ0v) is 14.6. The van der Waals surface area contributed by atoms with Crippen molar-refractivity contribution >= 4 is 11.9 Å². The topological polar surface area (TPSA) is 100 Å². The van der Waals surface area contributed by atoms with Gasteiger partial charge in [0.05, 0.1) is 11.3 Å². The standard InChI is InChI=1S/C15H12N2O4.Zn/c1-9(14(18)19)13(15(20)21)12-8-11(4-7-17-12)10-2-5-16-6-3-10;/h2-8,13H,1H2,(H,18,19)(H,20,21);. The van der Waals surface area contributed by atoms with Gasteiger partial charge in [-0.05, 0) is 35.4 Å². The van der Waals surface area contributed by atoms with Gasteiger partial charge in [-0.25, -0.2) is 4.79 Å². The fraction of sp³-hybridized carbons (Fsp3) is 0.0667. The molecular formula is C15H12N2O4Zn. The van der Waals surface area contributed by atoms with Gasteiger partial charge in [-0.3, -0.25) is 14.8 Å². The molecule has 0 aliphatic carbocycles. The summed E-state index contributed by atoms with van der Waals surface area (Å²) in [6.07, 6.45) is 4.66. The number of hydrogen-bond donors (Lipinski definition) is 2. The Morgan fingerprint density at radius 3 is 2.18 bits per heavy atom. The molecule has 2 N–H and O–H groups in total. The molecular weight excluding hydrogens is 338 g/mol. The Kier molecular flexibility index (Phi) is 6.07. The third-order valence-electron chi connectivity index (χ3n) is 2.96. The molecule has 2 aromatic rings. The normalized spacial score (nSPS) is 11.1. The molecule has 2 rings (SSSR count). The smallest absolute Gasteiger partial charge is 0.332 e. The second kappa shape index (κ2) is 7.57. The first kappa shape index (κ1) is 17.7. The number of rotatable bonds is 5. The maximum Gasteiger partial charge on any atom is 0.332 e. The molecule has 0 spiro atoms. The molecule has 0 aliphatic rings. The molecule has 0 saturated carbocycles. The molecule has 108 valence electrons. The van der Waals surface area contributed by atoms with E-state index in [0.29, 0.717) is 0 Å². The number of carbonyl (C=O) groups is 2. The van der Waals surface area contributed by atoms with E-state index in [1.54, 1.807) is 36.7 Å². The summed E-state index contributed by atoms with van der Waals surface area (Å²) in [4.78, 5) is 30.2. The fourth-order valence-corrected chi connectivity index (χ4v) is 1.91. The Morgan fingerprint density at radius 2 is 1.64 bits per heavy atom. The van der Waals surface area contributed by atoms with E-state index in [1.807, 2.05) is 0 Å². The zero-order chi connectivity index (χ0) is 15.4. The first-order valence-electron chi connectivity index (χ1n) is 6.02. The SMILES string of the molecule is C=C(C(=O)O)C(C(=O)O)c1cc(-c2ccncc2)ccn1.[Zn]. The van der Waals surface area contributed by atoms with Gasteiger partial charge in [0.25, 0.3) is 0 Å². The summed E-state index contributed by atoms with van der Waals surface area (Å²) in [6, 6.07) is 6.78. The molecule has 7 heteroatoms. The zero-order valence-electron chi connectivity index (χ0n) is 11.6. The van der Waals surface area contributed by atoms with Crippen LogP contribution in [0.5, 0.6) is 0 Å². The van der Waals surface area contributed by atoms with E-state index in [0.717, 1.165) is 11.1 Å². The first-order valence-corrected chi connectivity index (χ1v) is 6.02. The monoisotopic (exact) mass is 348 g/mol. The molecule has 1 unspecified atom stereocenters. The van der Waals surface area contributed by atoms with Crippen LogP contribution in [-0.4, -0.2) is 32.1 Å². The number of carboxylic acids is 2. The van der Waals surface area contributed by atoms with E-state index < -0.39 is 23.4 Å². The van der Waals surface area contributed by atoms with Gasteiger partial charge in [0.15, 0.2) is 0 Å². The van der Waals surface area contributed by atoms with Crippen LogP contribution in [0.1, 0.15) is 11.6 Å². The molecule has 1 atom stereocenters. The Labute approximate surface area is 139 Å². The van der Waals surface area contributed by atoms with Gasteiger partial charge >= 0.3 is 11.9 Å². The third kappa shape index (κ3) is 3.83. The Balaban J connectivity index is 0.00000242. The molecule has 22 heavy (non-hydrogen) atoms. The van der Waals surface area contributed by atoms with E-state index in [9.17, 15) is 14.7 Å². The van der Waals surface area contributed by atoms with Crippen LogP contribution >= 0.6 is 0 Å². The number of aromatic nitrogens is 2. The van der Waals surface area contributed by atoms with Crippen LogP contribution in [0.3, 0.4) is 0 Å². The predicted molar refractivity (Wildman–Crippen MR) is 74.6 cm³/mol. The van der Waals surface area contributed by atoms with Crippen molar-refractivity contribution in [3.8, 4) is 11.1 Å². The van der Waals surface area contributed by atoms with Gasteiger partial charge in [0.1, 0.15) is 5.92 Å². The fourth-order valence-electron chi connectivity index (χ4n) is 1.91. The minimum atomic E-state index is -1.38. The molecule has 2 heterocycles. The van der Waals surface area contributed by atoms with Crippen LogP contribution in [0, 0.1) is 0 Å². The summed E-state index contributed by atoms with van der Waals surface area (Å²) < 4.78 is 0. The summed E-state index contributed by atoms with van der Waals surface area (Å²) >= 11 is 0. The van der Waals surface area contributed by atoms with Crippen molar-refractivity contribution in [2.45, 2.75) is 5.92 Å². The molecule has 0 fully saturated rings. The van der Waals surface area contributed by atoms with Crippen molar-refractivity contribution in [3.63, 3.8) is 0 Å². The van der Waals surface area contributed by atoms with Crippen LogP contribution in [0.15, 0.2) is 55.0 Å². The summed E-state index contributed by atoms with van der Waals surface area (Å²) in [5.41, 5.74) is 1.26. The van der Waals surface area contributed by atoms with Crippen LogP contribution in [-0.2, 0) is 29.1 Å². The average Bonchev–Trinajstić information content (AvgIpc) is 2.48. The Morgan fingerprint density at radius 1 is 1.05 bits per heavy atom. The van der Waals surface area contributed by atoms with Gasteiger partial charge in [0.2, 0.25) is 0 Å². The summed E-state index contributed by atoms with van der Waals surface area (Å²) in [5, 5.41) is 18.2. The van der Waals surface area contributed by atoms with Crippen LogP contribution < -0.4 is 0 Å². The van der Waals surface area contributed by atoms with E-state index in [-0.39, 0.29) is 25.2 Å². The van der Waals surface area contributed by atoms with Crippen molar-refractivity contribution in [1.29, 1.82) is 0 Å². The molecule has 0 amide bonds. The second-order valence-electron chi connectivity index (χ2n) is 4.31. The number of hydrogen-bond acceptors (Lipinski definition) is 4. The molecule has 6 nitrogen and oxygen atoms in total. The van der Waals surface area contributed by atoms with Crippen molar-refractivity contribution < 1.29 is 39.3 Å². The predicted octanol–water partition coefficient (Wildman–Crippen LogP) is 1.95. The molecule has 0 bridgehead atoms. The Bertz CT molecular complexity index is 704. The van der Waals surface area contributed by atoms with E-state index in [1.165, 1.54) is 6.20 Å². The maximum absolute atomic E-state index is 11.3. The summed E-state index contributed by atoms with van der Waals surface area (Å²) in [6.45, 7) is 3.32. The number of nitrogens with zero attached hydrogens (tertiary/aromatic N) is 2. The van der Waals surface area contributed by atoms with Crippen LogP contribution in [0.25, 0.3) is 11.1 Å². The van der Waals surface area contributed by atoms with Crippen molar-refractivity contribution in [2.24, 2.45) is 0 Å². The maximum atomic E-state index is 11.3. The molecule has 0 aliphatic heterocycles. The quantitative estimate of drug-likeness (QED) is 0.632. The van der Waals surface area contributed by atoms with Gasteiger partial charge in [-0.15, -0.1) is 0 Å². The Hall–Kier alpha value is -2.40. The summed E-state index contributed by atoms with van der Waals surface area (Å²) in [5.74, 6) is -4.05. The summed E-state index contributed by atoms with van der Waals surface area (Å²) in [7, 11) is 0. The third-order valence-corrected chi connectivity index (χ3v) is 2.96. The number of aliphatic carboxylic acids is 2. The second-order valence-corrected chi connectivity index (χ2v) is 4.31. The van der Waals surface area contributed by atoms with Crippen molar-refractivity contribution in [3.05, 3.63) is 60.7 Å². The van der Waals surface area contributed by atoms with E-state index >= 15 is 0 Å². The number of pyridine rings is 2.